The van der Waals surface area contributed by atoms with Gasteiger partial charge in [-0.15, -0.1) is 0 Å². The van der Waals surface area contributed by atoms with Gasteiger partial charge in [0.1, 0.15) is 12.4 Å². The molecule has 94 valence electrons. The maximum absolute atomic E-state index is 9.01. The van der Waals surface area contributed by atoms with E-state index in [-0.39, 0.29) is 6.10 Å². The van der Waals surface area contributed by atoms with Gasteiger partial charge in [-0.2, -0.15) is 0 Å². The van der Waals surface area contributed by atoms with Gasteiger partial charge in [-0.05, 0) is 37.9 Å². The minimum absolute atomic E-state index is 0.201. The quantitative estimate of drug-likeness (QED) is 0.559. The fourth-order valence-electron chi connectivity index (χ4n) is 1.43. The summed E-state index contributed by atoms with van der Waals surface area (Å²) < 4.78 is 10.9. The van der Waals surface area contributed by atoms with Crippen molar-refractivity contribution in [2.45, 2.75) is 26.9 Å². The van der Waals surface area contributed by atoms with Crippen LogP contribution in [0.4, 0.5) is 0 Å². The first-order valence-electron chi connectivity index (χ1n) is 5.71. The summed E-state index contributed by atoms with van der Waals surface area (Å²) in [6, 6.07) is 5.07. The maximum atomic E-state index is 9.01. The Morgan fingerprint density at radius 2 is 1.94 bits per heavy atom. The molecule has 1 rings (SSSR count). The topological polar surface area (TPSA) is 58.9 Å². The largest absolute Gasteiger partial charge is 0.491 e. The van der Waals surface area contributed by atoms with Crippen LogP contribution in [-0.4, -0.2) is 36.5 Å². The lowest BCUT2D eigenvalue weighted by Gasteiger charge is -2.12. The minimum Gasteiger partial charge on any atom is -0.491 e. The van der Waals surface area contributed by atoms with Gasteiger partial charge in [0.2, 0.25) is 0 Å². The molecule has 17 heavy (non-hydrogen) atoms. The number of benzene rings is 1. The van der Waals surface area contributed by atoms with Crippen molar-refractivity contribution in [3.8, 4) is 5.75 Å². The van der Waals surface area contributed by atoms with E-state index in [1.165, 1.54) is 0 Å². The normalized spacial score (nSPS) is 10.7. The van der Waals surface area contributed by atoms with Gasteiger partial charge in [0.25, 0.3) is 0 Å². The average molecular weight is 238 g/mol. The third kappa shape index (κ3) is 4.77. The standard InChI is InChI=1S/C12H19BO4/c1-9(2)16-6-7-17-12-5-4-11(13(14)15)8-10(12)3/h4-5,8-9,14-15H,6-7H2,1-3H3. The van der Waals surface area contributed by atoms with Crippen molar-refractivity contribution in [3.05, 3.63) is 23.8 Å². The highest BCUT2D eigenvalue weighted by molar-refractivity contribution is 6.58. The van der Waals surface area contributed by atoms with Gasteiger partial charge in [0, 0.05) is 0 Å². The molecule has 0 fully saturated rings. The van der Waals surface area contributed by atoms with Crippen LogP contribution in [-0.2, 0) is 4.74 Å². The summed E-state index contributed by atoms with van der Waals surface area (Å²) in [4.78, 5) is 0. The Hall–Kier alpha value is -1.04. The molecule has 0 radical (unpaired) electrons. The van der Waals surface area contributed by atoms with Crippen LogP contribution in [0.15, 0.2) is 18.2 Å². The Morgan fingerprint density at radius 1 is 1.24 bits per heavy atom. The molecule has 2 N–H and O–H groups in total. The van der Waals surface area contributed by atoms with E-state index in [0.29, 0.717) is 18.7 Å². The minimum atomic E-state index is -1.44. The van der Waals surface area contributed by atoms with E-state index < -0.39 is 7.12 Å². The van der Waals surface area contributed by atoms with Crippen molar-refractivity contribution in [3.63, 3.8) is 0 Å². The molecule has 0 aliphatic carbocycles. The highest BCUT2D eigenvalue weighted by Crippen LogP contribution is 2.15. The van der Waals surface area contributed by atoms with Crippen LogP contribution in [0.5, 0.6) is 5.75 Å². The fourth-order valence-corrected chi connectivity index (χ4v) is 1.43. The van der Waals surface area contributed by atoms with E-state index in [1.807, 2.05) is 20.8 Å². The van der Waals surface area contributed by atoms with Crippen molar-refractivity contribution in [2.24, 2.45) is 0 Å². The summed E-state index contributed by atoms with van der Waals surface area (Å²) in [5, 5.41) is 18.0. The van der Waals surface area contributed by atoms with Crippen LogP contribution in [0.25, 0.3) is 0 Å². The Bertz CT molecular complexity index is 352. The first kappa shape index (κ1) is 14.0. The highest BCUT2D eigenvalue weighted by Gasteiger charge is 2.12. The third-order valence-corrected chi connectivity index (χ3v) is 2.29. The number of ether oxygens (including phenoxy) is 2. The van der Waals surface area contributed by atoms with Gasteiger partial charge in [-0.3, -0.25) is 0 Å². The molecule has 0 aliphatic heterocycles. The molecular formula is C12H19BO4. The molecule has 5 heteroatoms. The molecule has 0 amide bonds. The molecule has 0 saturated heterocycles. The second kappa shape index (κ2) is 6.64. The molecule has 0 bridgehead atoms. The number of aryl methyl sites for hydroxylation is 1. The first-order valence-corrected chi connectivity index (χ1v) is 5.71. The SMILES string of the molecule is Cc1cc(B(O)O)ccc1OCCOC(C)C. The number of hydrogen-bond acceptors (Lipinski definition) is 4. The van der Waals surface area contributed by atoms with Gasteiger partial charge >= 0.3 is 7.12 Å². The molecular weight excluding hydrogens is 219 g/mol. The summed E-state index contributed by atoms with van der Waals surface area (Å²) in [5.74, 6) is 0.738. The lowest BCUT2D eigenvalue weighted by atomic mass is 9.79. The second-order valence-electron chi connectivity index (χ2n) is 4.17. The second-order valence-corrected chi connectivity index (χ2v) is 4.17. The zero-order valence-corrected chi connectivity index (χ0v) is 10.5. The number of hydrogen-bond donors (Lipinski definition) is 2. The predicted molar refractivity (Wildman–Crippen MR) is 67.6 cm³/mol. The van der Waals surface area contributed by atoms with Gasteiger partial charge in [0.15, 0.2) is 0 Å². The van der Waals surface area contributed by atoms with Crippen molar-refractivity contribution < 1.29 is 19.5 Å². The molecule has 1 aromatic carbocycles. The van der Waals surface area contributed by atoms with Crippen molar-refractivity contribution >= 4 is 12.6 Å². The van der Waals surface area contributed by atoms with Crippen LogP contribution < -0.4 is 10.2 Å². The zero-order valence-electron chi connectivity index (χ0n) is 10.5. The molecule has 0 spiro atoms. The van der Waals surface area contributed by atoms with Gasteiger partial charge < -0.3 is 19.5 Å². The molecule has 0 aromatic heterocycles. The average Bonchev–Trinajstić information content (AvgIpc) is 2.25. The Kier molecular flexibility index (Phi) is 5.48. The zero-order chi connectivity index (χ0) is 12.8. The van der Waals surface area contributed by atoms with Gasteiger partial charge in [0.05, 0.1) is 12.7 Å². The third-order valence-electron chi connectivity index (χ3n) is 2.29. The van der Waals surface area contributed by atoms with E-state index in [0.717, 1.165) is 11.3 Å². The Morgan fingerprint density at radius 3 is 2.47 bits per heavy atom. The molecule has 0 aliphatic rings. The Labute approximate surface area is 102 Å². The molecule has 0 saturated carbocycles. The molecule has 0 unspecified atom stereocenters. The summed E-state index contributed by atoms with van der Waals surface area (Å²) in [6.45, 7) is 6.84. The van der Waals surface area contributed by atoms with Crippen LogP contribution >= 0.6 is 0 Å². The summed E-state index contributed by atoms with van der Waals surface area (Å²) in [5.41, 5.74) is 1.34. The van der Waals surface area contributed by atoms with Crippen LogP contribution in [0, 0.1) is 6.92 Å². The molecule has 0 heterocycles. The van der Waals surface area contributed by atoms with E-state index in [9.17, 15) is 0 Å². The van der Waals surface area contributed by atoms with Crippen molar-refractivity contribution in [1.29, 1.82) is 0 Å². The number of rotatable bonds is 6. The van der Waals surface area contributed by atoms with Crippen molar-refractivity contribution in [1.82, 2.24) is 0 Å². The molecule has 0 atom stereocenters. The summed E-state index contributed by atoms with van der Waals surface area (Å²) >= 11 is 0. The van der Waals surface area contributed by atoms with E-state index in [4.69, 9.17) is 19.5 Å². The predicted octanol–water partition coefficient (Wildman–Crippen LogP) is 0.479. The molecule has 4 nitrogen and oxygen atoms in total. The summed E-state index contributed by atoms with van der Waals surface area (Å²) in [6.07, 6.45) is 0.201. The van der Waals surface area contributed by atoms with E-state index in [2.05, 4.69) is 0 Å². The Balaban J connectivity index is 2.49. The van der Waals surface area contributed by atoms with Gasteiger partial charge in [-0.1, -0.05) is 12.1 Å². The van der Waals surface area contributed by atoms with E-state index in [1.54, 1.807) is 18.2 Å². The monoisotopic (exact) mass is 238 g/mol. The van der Waals surface area contributed by atoms with Gasteiger partial charge in [-0.25, -0.2) is 0 Å². The summed E-state index contributed by atoms with van der Waals surface area (Å²) in [7, 11) is -1.44. The van der Waals surface area contributed by atoms with E-state index >= 15 is 0 Å². The fraction of sp³-hybridized carbons (Fsp3) is 0.500. The first-order chi connectivity index (χ1) is 8.00. The maximum Gasteiger partial charge on any atom is 0.488 e. The van der Waals surface area contributed by atoms with Crippen LogP contribution in [0.1, 0.15) is 19.4 Å². The lowest BCUT2D eigenvalue weighted by Crippen LogP contribution is -2.29. The lowest BCUT2D eigenvalue weighted by molar-refractivity contribution is 0.0551. The smallest absolute Gasteiger partial charge is 0.488 e. The molecule has 1 aromatic rings. The van der Waals surface area contributed by atoms with Crippen molar-refractivity contribution in [2.75, 3.05) is 13.2 Å². The van der Waals surface area contributed by atoms with Crippen LogP contribution in [0.3, 0.4) is 0 Å². The highest BCUT2D eigenvalue weighted by atomic mass is 16.5. The van der Waals surface area contributed by atoms with Crippen LogP contribution in [0.2, 0.25) is 0 Å².